The van der Waals surface area contributed by atoms with E-state index in [1.807, 2.05) is 27.7 Å². The maximum Gasteiger partial charge on any atom is 0.272 e. The third-order valence-electron chi connectivity index (χ3n) is 7.09. The molecule has 0 heterocycles. The van der Waals surface area contributed by atoms with E-state index in [0.29, 0.717) is 25.7 Å². The second-order valence-corrected chi connectivity index (χ2v) is 10.8. The van der Waals surface area contributed by atoms with Gasteiger partial charge < -0.3 is 14.2 Å². The van der Waals surface area contributed by atoms with Gasteiger partial charge in [0.05, 0.1) is 18.3 Å². The summed E-state index contributed by atoms with van der Waals surface area (Å²) in [5.41, 5.74) is -0.691. The fourth-order valence-electron chi connectivity index (χ4n) is 5.16. The number of ether oxygens (including phenoxy) is 3. The Bertz CT molecular complexity index is 770. The third-order valence-corrected chi connectivity index (χ3v) is 7.09. The van der Waals surface area contributed by atoms with Crippen molar-refractivity contribution in [2.75, 3.05) is 0 Å². The molecule has 3 nitrogen and oxygen atoms in total. The van der Waals surface area contributed by atoms with E-state index in [4.69, 9.17) is 14.2 Å². The Morgan fingerprint density at radius 2 is 1.08 bits per heavy atom. The minimum Gasteiger partial charge on any atom is -0.327 e. The quantitative estimate of drug-likeness (QED) is 0.0693. The van der Waals surface area contributed by atoms with Crippen molar-refractivity contribution in [3.05, 3.63) is 34.6 Å². The van der Waals surface area contributed by atoms with Crippen LogP contribution in [0.5, 0.6) is 0 Å². The van der Waals surface area contributed by atoms with E-state index in [-0.39, 0.29) is 24.2 Å². The standard InChI is InChI=1S/C29H45F5O3/c1-6-7-8-9-10-11-12-13-22(37-29(35-18(2)3)36-19(4)5)20-14-16-21(17-15-20)23-24(30)26(32)28(34)27(33)25(23)31/h18-22,29H,6-17H2,1-5H3. The number of halogens is 5. The third kappa shape index (κ3) is 9.77. The van der Waals surface area contributed by atoms with Gasteiger partial charge in [-0.05, 0) is 71.6 Å². The highest BCUT2D eigenvalue weighted by molar-refractivity contribution is 5.28. The van der Waals surface area contributed by atoms with Gasteiger partial charge in [-0.2, -0.15) is 0 Å². The number of hydrogen-bond acceptors (Lipinski definition) is 3. The van der Waals surface area contributed by atoms with Gasteiger partial charge in [-0.1, -0.05) is 51.9 Å². The highest BCUT2D eigenvalue weighted by Crippen LogP contribution is 2.42. The average molecular weight is 537 g/mol. The molecule has 1 unspecified atom stereocenters. The lowest BCUT2D eigenvalue weighted by molar-refractivity contribution is -0.332. The predicted octanol–water partition coefficient (Wildman–Crippen LogP) is 9.32. The molecule has 1 aliphatic carbocycles. The fourth-order valence-corrected chi connectivity index (χ4v) is 5.16. The normalized spacial score (nSPS) is 19.4. The van der Waals surface area contributed by atoms with E-state index in [2.05, 4.69) is 6.92 Å². The van der Waals surface area contributed by atoms with Crippen LogP contribution in [0, 0.1) is 35.0 Å². The summed E-state index contributed by atoms with van der Waals surface area (Å²) in [6.07, 6.45) is 10.3. The van der Waals surface area contributed by atoms with Gasteiger partial charge in [-0.25, -0.2) is 22.0 Å². The Balaban J connectivity index is 2.08. The first kappa shape index (κ1) is 32.0. The largest absolute Gasteiger partial charge is 0.327 e. The summed E-state index contributed by atoms with van der Waals surface area (Å²) in [4.78, 5) is 0. The summed E-state index contributed by atoms with van der Waals surface area (Å²) >= 11 is 0. The molecule has 1 saturated carbocycles. The van der Waals surface area contributed by atoms with Crippen LogP contribution in [0.4, 0.5) is 22.0 Å². The summed E-state index contributed by atoms with van der Waals surface area (Å²) in [6.45, 7) is 8.97. The molecule has 214 valence electrons. The SMILES string of the molecule is CCCCCCCCCC(OC(OC(C)C)OC(C)C)C1CCC(c2c(F)c(F)c(F)c(F)c2F)CC1. The van der Waals surface area contributed by atoms with Crippen LogP contribution in [-0.2, 0) is 14.2 Å². The van der Waals surface area contributed by atoms with E-state index in [9.17, 15) is 22.0 Å². The van der Waals surface area contributed by atoms with Crippen molar-refractivity contribution >= 4 is 0 Å². The zero-order valence-corrected chi connectivity index (χ0v) is 23.1. The van der Waals surface area contributed by atoms with Gasteiger partial charge in [0.1, 0.15) is 0 Å². The lowest BCUT2D eigenvalue weighted by atomic mass is 9.75. The molecule has 0 N–H and O–H groups in total. The van der Waals surface area contributed by atoms with Gasteiger partial charge in [-0.3, -0.25) is 0 Å². The van der Waals surface area contributed by atoms with Gasteiger partial charge in [0.2, 0.25) is 5.82 Å². The van der Waals surface area contributed by atoms with Crippen molar-refractivity contribution in [1.82, 2.24) is 0 Å². The molecule has 0 saturated heterocycles. The molecule has 2 rings (SSSR count). The summed E-state index contributed by atoms with van der Waals surface area (Å²) in [6, 6.07) is 0. The molecule has 1 aromatic rings. The molecule has 1 aromatic carbocycles. The van der Waals surface area contributed by atoms with Crippen LogP contribution in [0.25, 0.3) is 0 Å². The predicted molar refractivity (Wildman–Crippen MR) is 135 cm³/mol. The molecule has 0 aliphatic heterocycles. The molecule has 37 heavy (non-hydrogen) atoms. The zero-order valence-electron chi connectivity index (χ0n) is 23.1. The van der Waals surface area contributed by atoms with Crippen molar-refractivity contribution in [1.29, 1.82) is 0 Å². The van der Waals surface area contributed by atoms with Crippen LogP contribution < -0.4 is 0 Å². The monoisotopic (exact) mass is 536 g/mol. The van der Waals surface area contributed by atoms with E-state index < -0.39 is 47.0 Å². The Labute approximate surface area is 219 Å². The maximum atomic E-state index is 14.4. The molecule has 0 spiro atoms. The minimum atomic E-state index is -2.11. The van der Waals surface area contributed by atoms with Crippen molar-refractivity contribution in [2.24, 2.45) is 5.92 Å². The number of benzene rings is 1. The van der Waals surface area contributed by atoms with E-state index in [1.54, 1.807) is 0 Å². The Morgan fingerprint density at radius 3 is 1.57 bits per heavy atom. The van der Waals surface area contributed by atoms with Crippen LogP contribution in [-0.4, -0.2) is 24.8 Å². The summed E-state index contributed by atoms with van der Waals surface area (Å²) < 4.78 is 87.9. The number of unbranched alkanes of at least 4 members (excludes halogenated alkanes) is 6. The van der Waals surface area contributed by atoms with Gasteiger partial charge >= 0.3 is 0 Å². The molecular weight excluding hydrogens is 491 g/mol. The van der Waals surface area contributed by atoms with Gasteiger partial charge in [0, 0.05) is 5.56 Å². The Kier molecular flexibility index (Phi) is 13.8. The summed E-state index contributed by atoms with van der Waals surface area (Å²) in [5.74, 6) is -9.96. The first-order valence-electron chi connectivity index (χ1n) is 14.0. The molecule has 0 aromatic heterocycles. The molecule has 8 heteroatoms. The molecule has 1 aliphatic rings. The lowest BCUT2D eigenvalue weighted by Gasteiger charge is -2.36. The molecule has 1 atom stereocenters. The minimum absolute atomic E-state index is 0.0756. The van der Waals surface area contributed by atoms with Gasteiger partial charge in [-0.15, -0.1) is 0 Å². The number of rotatable bonds is 16. The molecular formula is C29H45F5O3. The average Bonchev–Trinajstić information content (AvgIpc) is 2.85. The van der Waals surface area contributed by atoms with Crippen LogP contribution >= 0.6 is 0 Å². The van der Waals surface area contributed by atoms with Crippen LogP contribution in [0.3, 0.4) is 0 Å². The van der Waals surface area contributed by atoms with Crippen LogP contribution in [0.2, 0.25) is 0 Å². The highest BCUT2D eigenvalue weighted by Gasteiger charge is 2.36. The zero-order chi connectivity index (χ0) is 27.5. The lowest BCUT2D eigenvalue weighted by Crippen LogP contribution is -2.36. The second kappa shape index (κ2) is 16.0. The first-order chi connectivity index (χ1) is 17.6. The van der Waals surface area contributed by atoms with Crippen molar-refractivity contribution in [2.45, 2.75) is 142 Å². The van der Waals surface area contributed by atoms with Crippen molar-refractivity contribution in [3.63, 3.8) is 0 Å². The highest BCUT2D eigenvalue weighted by atomic mass is 19.2. The van der Waals surface area contributed by atoms with Crippen molar-refractivity contribution < 1.29 is 36.2 Å². The summed E-state index contributed by atoms with van der Waals surface area (Å²) in [7, 11) is 0. The van der Waals surface area contributed by atoms with E-state index in [0.717, 1.165) is 25.7 Å². The van der Waals surface area contributed by atoms with Gasteiger partial charge in [0.25, 0.3) is 6.48 Å². The smallest absolute Gasteiger partial charge is 0.272 e. The first-order valence-corrected chi connectivity index (χ1v) is 14.0. The van der Waals surface area contributed by atoms with E-state index in [1.165, 1.54) is 25.7 Å². The van der Waals surface area contributed by atoms with E-state index >= 15 is 0 Å². The fraction of sp³-hybridized carbons (Fsp3) is 0.793. The topological polar surface area (TPSA) is 27.7 Å². The van der Waals surface area contributed by atoms with Gasteiger partial charge in [0.15, 0.2) is 23.3 Å². The molecule has 0 radical (unpaired) electrons. The Hall–Kier alpha value is -1.25. The second-order valence-electron chi connectivity index (χ2n) is 10.8. The number of hydrogen-bond donors (Lipinski definition) is 0. The molecule has 1 fully saturated rings. The summed E-state index contributed by atoms with van der Waals surface area (Å²) in [5, 5.41) is 0. The Morgan fingerprint density at radius 1 is 0.622 bits per heavy atom. The maximum absolute atomic E-state index is 14.4. The molecule has 0 bridgehead atoms. The van der Waals surface area contributed by atoms with Crippen molar-refractivity contribution in [3.8, 4) is 0 Å². The molecule has 0 amide bonds. The van der Waals surface area contributed by atoms with Crippen LogP contribution in [0.1, 0.15) is 123 Å². The van der Waals surface area contributed by atoms with Crippen LogP contribution in [0.15, 0.2) is 0 Å².